The molecule has 1 aromatic heterocycles. The molecule has 158 valence electrons. The molecule has 0 aliphatic heterocycles. The van der Waals surface area contributed by atoms with E-state index in [1.807, 2.05) is 18.2 Å². The van der Waals surface area contributed by atoms with Gasteiger partial charge in [0.1, 0.15) is 12.2 Å². The summed E-state index contributed by atoms with van der Waals surface area (Å²) in [5, 5.41) is 2.59. The number of nitrogens with zero attached hydrogens (tertiary/aromatic N) is 3. The minimum Gasteiger partial charge on any atom is -0.318 e. The Morgan fingerprint density at radius 3 is 2.40 bits per heavy atom. The molecule has 0 radical (unpaired) electrons. The van der Waals surface area contributed by atoms with Crippen molar-refractivity contribution in [2.24, 2.45) is 7.05 Å². The van der Waals surface area contributed by atoms with Crippen LogP contribution in [0.25, 0.3) is 5.69 Å². The molecule has 10 heteroatoms. The maximum atomic E-state index is 12.9. The largest absolute Gasteiger partial charge is 0.318 e. The Kier molecular flexibility index (Phi) is 6.18. The summed E-state index contributed by atoms with van der Waals surface area (Å²) in [5.74, 6) is -0.619. The first-order valence-electron chi connectivity index (χ1n) is 8.96. The average molecular weight is 493 g/mol. The van der Waals surface area contributed by atoms with Crippen molar-refractivity contribution in [3.05, 3.63) is 75.1 Å². The van der Waals surface area contributed by atoms with E-state index in [0.717, 1.165) is 10.6 Å². The van der Waals surface area contributed by atoms with Crippen LogP contribution < -0.4 is 15.2 Å². The molecule has 30 heavy (non-hydrogen) atoms. The van der Waals surface area contributed by atoms with Crippen LogP contribution in [0, 0.1) is 6.92 Å². The number of carbonyl (C=O) groups is 1. The number of aromatic nitrogens is 2. The number of carbonyl (C=O) groups excluding carboxylic acids is 1. The zero-order valence-corrected chi connectivity index (χ0v) is 19.1. The van der Waals surface area contributed by atoms with Crippen LogP contribution in [0.2, 0.25) is 0 Å². The SMILES string of the molecule is Cc1c(NC(=O)CN(c2cccc(Br)c2)S(C)(=O)=O)c(=O)n(-c2ccccc2)n1C. The number of amides is 1. The van der Waals surface area contributed by atoms with E-state index in [1.54, 1.807) is 55.1 Å². The highest BCUT2D eigenvalue weighted by Gasteiger charge is 2.23. The van der Waals surface area contributed by atoms with E-state index in [-0.39, 0.29) is 5.69 Å². The van der Waals surface area contributed by atoms with Gasteiger partial charge in [0.05, 0.1) is 23.3 Å². The average Bonchev–Trinajstić information content (AvgIpc) is 2.89. The van der Waals surface area contributed by atoms with Crippen molar-refractivity contribution in [3.63, 3.8) is 0 Å². The zero-order valence-electron chi connectivity index (χ0n) is 16.7. The lowest BCUT2D eigenvalue weighted by atomic mass is 10.3. The van der Waals surface area contributed by atoms with Crippen LogP contribution in [-0.4, -0.2) is 36.5 Å². The first-order chi connectivity index (χ1) is 14.1. The molecule has 0 aliphatic rings. The van der Waals surface area contributed by atoms with Gasteiger partial charge < -0.3 is 5.32 Å². The van der Waals surface area contributed by atoms with E-state index >= 15 is 0 Å². The number of para-hydroxylation sites is 1. The van der Waals surface area contributed by atoms with Crippen LogP contribution in [0.4, 0.5) is 11.4 Å². The zero-order chi connectivity index (χ0) is 22.1. The van der Waals surface area contributed by atoms with Crippen molar-refractivity contribution < 1.29 is 13.2 Å². The van der Waals surface area contributed by atoms with Crippen LogP contribution in [-0.2, 0) is 21.9 Å². The maximum Gasteiger partial charge on any atom is 0.295 e. The third kappa shape index (κ3) is 4.49. The summed E-state index contributed by atoms with van der Waals surface area (Å²) in [4.78, 5) is 25.6. The number of sulfonamides is 1. The maximum absolute atomic E-state index is 12.9. The molecule has 0 fully saturated rings. The van der Waals surface area contributed by atoms with Gasteiger partial charge in [0.15, 0.2) is 0 Å². The molecule has 0 atom stereocenters. The van der Waals surface area contributed by atoms with E-state index < -0.39 is 28.0 Å². The molecule has 0 saturated carbocycles. The van der Waals surface area contributed by atoms with Crippen molar-refractivity contribution in [2.45, 2.75) is 6.92 Å². The molecule has 3 rings (SSSR count). The summed E-state index contributed by atoms with van der Waals surface area (Å²) in [6, 6.07) is 15.7. The minimum absolute atomic E-state index is 0.106. The lowest BCUT2D eigenvalue weighted by Gasteiger charge is -2.22. The Balaban J connectivity index is 1.91. The Hall–Kier alpha value is -2.85. The Morgan fingerprint density at radius 2 is 1.80 bits per heavy atom. The van der Waals surface area contributed by atoms with E-state index in [2.05, 4.69) is 21.2 Å². The quantitative estimate of drug-likeness (QED) is 0.572. The van der Waals surface area contributed by atoms with Crippen LogP contribution in [0.5, 0.6) is 0 Å². The highest BCUT2D eigenvalue weighted by atomic mass is 79.9. The molecule has 0 aliphatic carbocycles. The number of nitrogens with one attached hydrogen (secondary N) is 1. The highest BCUT2D eigenvalue weighted by molar-refractivity contribution is 9.10. The fourth-order valence-corrected chi connectivity index (χ4v) is 4.29. The molecule has 0 saturated heterocycles. The van der Waals surface area contributed by atoms with Crippen LogP contribution >= 0.6 is 15.9 Å². The van der Waals surface area contributed by atoms with Crippen molar-refractivity contribution in [2.75, 3.05) is 22.4 Å². The van der Waals surface area contributed by atoms with Gasteiger partial charge in [0, 0.05) is 11.5 Å². The molecule has 2 aromatic carbocycles. The number of rotatable bonds is 6. The van der Waals surface area contributed by atoms with Gasteiger partial charge in [0.25, 0.3) is 5.56 Å². The third-order valence-corrected chi connectivity index (χ3v) is 6.24. The summed E-state index contributed by atoms with van der Waals surface area (Å²) < 4.78 is 29.3. The van der Waals surface area contributed by atoms with Crippen molar-refractivity contribution in [3.8, 4) is 5.69 Å². The molecule has 0 spiro atoms. The lowest BCUT2D eigenvalue weighted by Crippen LogP contribution is -2.38. The van der Waals surface area contributed by atoms with Crippen molar-refractivity contribution >= 4 is 43.2 Å². The molecule has 0 unspecified atom stereocenters. The molecular weight excluding hydrogens is 472 g/mol. The molecule has 1 amide bonds. The molecule has 1 heterocycles. The van der Waals surface area contributed by atoms with E-state index in [9.17, 15) is 18.0 Å². The van der Waals surface area contributed by atoms with Gasteiger partial charge >= 0.3 is 0 Å². The number of halogens is 1. The second-order valence-corrected chi connectivity index (χ2v) is 9.56. The molecule has 8 nitrogen and oxygen atoms in total. The van der Waals surface area contributed by atoms with Crippen LogP contribution in [0.3, 0.4) is 0 Å². The summed E-state index contributed by atoms with van der Waals surface area (Å²) in [7, 11) is -2.01. The fraction of sp³-hybridized carbons (Fsp3) is 0.200. The van der Waals surface area contributed by atoms with Crippen molar-refractivity contribution in [1.29, 1.82) is 0 Å². The molecule has 3 aromatic rings. The van der Waals surface area contributed by atoms with E-state index in [1.165, 1.54) is 4.68 Å². The predicted molar refractivity (Wildman–Crippen MR) is 121 cm³/mol. The summed E-state index contributed by atoms with van der Waals surface area (Å²) in [6.45, 7) is 1.24. The smallest absolute Gasteiger partial charge is 0.295 e. The summed E-state index contributed by atoms with van der Waals surface area (Å²) >= 11 is 3.30. The Bertz CT molecular complexity index is 1250. The first-order valence-corrected chi connectivity index (χ1v) is 11.6. The number of anilines is 2. The number of hydrogen-bond acceptors (Lipinski definition) is 4. The van der Waals surface area contributed by atoms with Crippen LogP contribution in [0.1, 0.15) is 5.69 Å². The van der Waals surface area contributed by atoms with Gasteiger partial charge in [-0.2, -0.15) is 0 Å². The number of benzene rings is 2. The summed E-state index contributed by atoms with van der Waals surface area (Å²) in [6.07, 6.45) is 1.03. The lowest BCUT2D eigenvalue weighted by molar-refractivity contribution is -0.114. The van der Waals surface area contributed by atoms with E-state index in [0.29, 0.717) is 21.5 Å². The van der Waals surface area contributed by atoms with Gasteiger partial charge in [-0.05, 0) is 37.3 Å². The Labute approximate surface area is 182 Å². The molecular formula is C20H21BrN4O4S. The topological polar surface area (TPSA) is 93.4 Å². The molecule has 1 N–H and O–H groups in total. The first kappa shape index (κ1) is 21.8. The van der Waals surface area contributed by atoms with Gasteiger partial charge in [-0.3, -0.25) is 18.6 Å². The standard InChI is InChI=1S/C20H21BrN4O4S/c1-14-19(20(27)25(23(14)2)16-9-5-4-6-10-16)22-18(26)13-24(30(3,28)29)17-11-7-8-15(21)12-17/h4-12H,13H2,1-3H3,(H,22,26). The fourth-order valence-electron chi connectivity index (χ4n) is 3.05. The van der Waals surface area contributed by atoms with Gasteiger partial charge in [-0.15, -0.1) is 0 Å². The van der Waals surface area contributed by atoms with E-state index in [4.69, 9.17) is 0 Å². The monoisotopic (exact) mass is 492 g/mol. The van der Waals surface area contributed by atoms with Crippen molar-refractivity contribution in [1.82, 2.24) is 9.36 Å². The second kappa shape index (κ2) is 8.49. The highest BCUT2D eigenvalue weighted by Crippen LogP contribution is 2.22. The van der Waals surface area contributed by atoms with Crippen LogP contribution in [0.15, 0.2) is 63.9 Å². The Morgan fingerprint density at radius 1 is 1.13 bits per heavy atom. The molecule has 0 bridgehead atoms. The minimum atomic E-state index is -3.73. The van der Waals surface area contributed by atoms with Gasteiger partial charge in [-0.1, -0.05) is 40.2 Å². The normalized spacial score (nSPS) is 11.3. The summed E-state index contributed by atoms with van der Waals surface area (Å²) in [5.41, 5.74) is 1.25. The third-order valence-electron chi connectivity index (χ3n) is 4.60. The second-order valence-electron chi connectivity index (χ2n) is 6.73. The predicted octanol–water partition coefficient (Wildman–Crippen LogP) is 2.65. The number of hydrogen-bond donors (Lipinski definition) is 1. The van der Waals surface area contributed by atoms with Gasteiger partial charge in [-0.25, -0.2) is 13.1 Å². The van der Waals surface area contributed by atoms with Gasteiger partial charge in [0.2, 0.25) is 15.9 Å².